The molecule has 0 saturated heterocycles. The van der Waals surface area contributed by atoms with E-state index in [4.69, 9.17) is 6.42 Å². The van der Waals surface area contributed by atoms with Gasteiger partial charge in [-0.2, -0.15) is 0 Å². The molecule has 2 unspecified atom stereocenters. The molecule has 0 heterocycles. The minimum absolute atomic E-state index is 0.0609. The molecule has 0 aromatic rings. The molecule has 2 nitrogen and oxygen atoms in total. The van der Waals surface area contributed by atoms with E-state index in [-0.39, 0.29) is 5.41 Å². The van der Waals surface area contributed by atoms with Gasteiger partial charge in [0.05, 0.1) is 0 Å². The van der Waals surface area contributed by atoms with Gasteiger partial charge in [-0.3, -0.25) is 4.79 Å². The van der Waals surface area contributed by atoms with Crippen LogP contribution < -0.4 is 0 Å². The summed E-state index contributed by atoms with van der Waals surface area (Å²) in [5, 5.41) is 11.1. The van der Waals surface area contributed by atoms with Crippen molar-refractivity contribution in [3.63, 3.8) is 0 Å². The van der Waals surface area contributed by atoms with Crippen LogP contribution in [0.4, 0.5) is 0 Å². The first-order chi connectivity index (χ1) is 11.0. The molecule has 23 heavy (non-hydrogen) atoms. The van der Waals surface area contributed by atoms with Crippen molar-refractivity contribution in [1.29, 1.82) is 0 Å². The lowest BCUT2D eigenvalue weighted by Gasteiger charge is -2.55. The van der Waals surface area contributed by atoms with E-state index in [1.54, 1.807) is 0 Å². The summed E-state index contributed by atoms with van der Waals surface area (Å²) in [7, 11) is 0. The van der Waals surface area contributed by atoms with Crippen LogP contribution in [0, 0.1) is 41.4 Å². The number of carbonyl (C=O) groups is 1. The summed E-state index contributed by atoms with van der Waals surface area (Å²) in [4.78, 5) is 11.8. The normalized spacial score (nSPS) is 48.7. The Morgan fingerprint density at radius 2 is 2.04 bits per heavy atom. The smallest absolute Gasteiger partial charge is 0.155 e. The van der Waals surface area contributed by atoms with Gasteiger partial charge in [0.25, 0.3) is 0 Å². The number of hydrogen-bond donors (Lipinski definition) is 1. The molecule has 0 radical (unpaired) electrons. The van der Waals surface area contributed by atoms with Crippen LogP contribution in [0.1, 0.15) is 64.7 Å². The third-order valence-corrected chi connectivity index (χ3v) is 8.02. The maximum absolute atomic E-state index is 11.8. The maximum atomic E-state index is 11.8. The predicted molar refractivity (Wildman–Crippen MR) is 90.5 cm³/mol. The predicted octanol–water partition coefficient (Wildman–Crippen LogP) is 3.88. The summed E-state index contributed by atoms with van der Waals surface area (Å²) in [5.74, 6) is 5.73. The van der Waals surface area contributed by atoms with Crippen molar-refractivity contribution in [3.05, 3.63) is 11.6 Å². The standard InChI is InChI=1S/C21H28O2/c1-3-20-11-9-17-16-8-6-15(22)13-14(16)5-7-18(17)19(20)10-12-21(20,23)4-2/h2,13,16-19,23H,3,5-12H2,1H3/t16-,17+,18+,19-,20?,21?/m0/s1. The Bertz CT molecular complexity index is 597. The minimum Gasteiger partial charge on any atom is -0.377 e. The molecule has 3 saturated carbocycles. The summed E-state index contributed by atoms with van der Waals surface area (Å²) in [6, 6.07) is 0. The second kappa shape index (κ2) is 5.21. The van der Waals surface area contributed by atoms with Gasteiger partial charge in [0.15, 0.2) is 5.78 Å². The van der Waals surface area contributed by atoms with Gasteiger partial charge in [0, 0.05) is 11.8 Å². The Kier molecular flexibility index (Phi) is 3.50. The van der Waals surface area contributed by atoms with Gasteiger partial charge in [-0.25, -0.2) is 0 Å². The highest BCUT2D eigenvalue weighted by atomic mass is 16.3. The third kappa shape index (κ3) is 1.96. The van der Waals surface area contributed by atoms with Gasteiger partial charge in [-0.05, 0) is 81.1 Å². The lowest BCUT2D eigenvalue weighted by Crippen LogP contribution is -2.53. The van der Waals surface area contributed by atoms with Crippen LogP contribution in [-0.2, 0) is 4.79 Å². The Morgan fingerprint density at radius 1 is 1.22 bits per heavy atom. The second-order valence-corrected chi connectivity index (χ2v) is 8.40. The molecule has 2 heteroatoms. The Labute approximate surface area is 139 Å². The molecular formula is C21H28O2. The third-order valence-electron chi connectivity index (χ3n) is 8.02. The maximum Gasteiger partial charge on any atom is 0.155 e. The molecule has 0 bridgehead atoms. The number of allylic oxidation sites excluding steroid dienone is 1. The van der Waals surface area contributed by atoms with Gasteiger partial charge in [0.1, 0.15) is 5.60 Å². The molecule has 0 amide bonds. The highest BCUT2D eigenvalue weighted by Crippen LogP contribution is 2.66. The van der Waals surface area contributed by atoms with E-state index in [0.717, 1.165) is 44.9 Å². The van der Waals surface area contributed by atoms with E-state index >= 15 is 0 Å². The van der Waals surface area contributed by atoms with Crippen molar-refractivity contribution >= 4 is 5.78 Å². The largest absolute Gasteiger partial charge is 0.377 e. The van der Waals surface area contributed by atoms with Crippen LogP contribution in [0.25, 0.3) is 0 Å². The lowest BCUT2D eigenvalue weighted by molar-refractivity contribution is -0.117. The first-order valence-electron chi connectivity index (χ1n) is 9.48. The molecule has 4 rings (SSSR count). The summed E-state index contributed by atoms with van der Waals surface area (Å²) in [6.45, 7) is 2.22. The molecule has 3 fully saturated rings. The van der Waals surface area contributed by atoms with Gasteiger partial charge in [-0.1, -0.05) is 18.4 Å². The zero-order valence-corrected chi connectivity index (χ0v) is 14.2. The Balaban J connectivity index is 1.67. The van der Waals surface area contributed by atoms with Crippen molar-refractivity contribution in [2.24, 2.45) is 29.1 Å². The van der Waals surface area contributed by atoms with E-state index in [9.17, 15) is 9.90 Å². The van der Waals surface area contributed by atoms with Crippen LogP contribution >= 0.6 is 0 Å². The van der Waals surface area contributed by atoms with Crippen LogP contribution in [-0.4, -0.2) is 16.5 Å². The van der Waals surface area contributed by atoms with Gasteiger partial charge >= 0.3 is 0 Å². The minimum atomic E-state index is -0.893. The van der Waals surface area contributed by atoms with Crippen LogP contribution in [0.3, 0.4) is 0 Å². The second-order valence-electron chi connectivity index (χ2n) is 8.40. The molecule has 0 aromatic heterocycles. The number of fused-ring (bicyclic) bond motifs is 5. The van der Waals surface area contributed by atoms with Crippen molar-refractivity contribution < 1.29 is 9.90 Å². The topological polar surface area (TPSA) is 37.3 Å². The van der Waals surface area contributed by atoms with E-state index in [1.165, 1.54) is 18.4 Å². The van der Waals surface area contributed by atoms with Crippen LogP contribution in [0.15, 0.2) is 11.6 Å². The highest BCUT2D eigenvalue weighted by Gasteiger charge is 2.63. The molecule has 4 aliphatic rings. The average Bonchev–Trinajstić information content (AvgIpc) is 2.88. The van der Waals surface area contributed by atoms with E-state index in [0.29, 0.717) is 29.5 Å². The van der Waals surface area contributed by atoms with Gasteiger partial charge in [-0.15, -0.1) is 6.42 Å². The summed E-state index contributed by atoms with van der Waals surface area (Å²) in [6.07, 6.45) is 16.9. The van der Waals surface area contributed by atoms with Crippen molar-refractivity contribution in [2.75, 3.05) is 0 Å². The van der Waals surface area contributed by atoms with Crippen molar-refractivity contribution in [3.8, 4) is 12.3 Å². The summed E-state index contributed by atoms with van der Waals surface area (Å²) >= 11 is 0. The zero-order chi connectivity index (χ0) is 16.2. The summed E-state index contributed by atoms with van der Waals surface area (Å²) in [5.41, 5.74) is 0.474. The fourth-order valence-electron chi connectivity index (χ4n) is 6.96. The zero-order valence-electron chi connectivity index (χ0n) is 14.2. The molecule has 1 N–H and O–H groups in total. The van der Waals surface area contributed by atoms with Gasteiger partial charge < -0.3 is 5.11 Å². The number of carbonyl (C=O) groups excluding carboxylic acids is 1. The molecule has 0 spiro atoms. The molecule has 0 aromatic carbocycles. The molecule has 124 valence electrons. The van der Waals surface area contributed by atoms with E-state index < -0.39 is 5.60 Å². The first-order valence-corrected chi connectivity index (χ1v) is 9.48. The monoisotopic (exact) mass is 312 g/mol. The fraction of sp³-hybridized carbons (Fsp3) is 0.762. The van der Waals surface area contributed by atoms with Crippen LogP contribution in [0.5, 0.6) is 0 Å². The van der Waals surface area contributed by atoms with E-state index in [1.807, 2.05) is 6.08 Å². The molecule has 6 atom stereocenters. The number of aliphatic hydroxyl groups is 1. The number of hydrogen-bond acceptors (Lipinski definition) is 2. The summed E-state index contributed by atoms with van der Waals surface area (Å²) < 4.78 is 0. The highest BCUT2D eigenvalue weighted by molar-refractivity contribution is 5.91. The number of ketones is 1. The van der Waals surface area contributed by atoms with Crippen molar-refractivity contribution in [2.45, 2.75) is 70.3 Å². The fourth-order valence-corrected chi connectivity index (χ4v) is 6.96. The first kappa shape index (κ1) is 15.5. The average molecular weight is 312 g/mol. The molecule has 0 aliphatic heterocycles. The lowest BCUT2D eigenvalue weighted by atomic mass is 9.49. The molecular weight excluding hydrogens is 284 g/mol. The van der Waals surface area contributed by atoms with E-state index in [2.05, 4.69) is 12.8 Å². The SMILES string of the molecule is C#CC1(O)CC[C@H]2[C@@H]3CCC4=CC(=O)CC[C@@H]4[C@H]3CCC21CC. The number of terminal acetylenes is 1. The van der Waals surface area contributed by atoms with Crippen LogP contribution in [0.2, 0.25) is 0 Å². The quantitative estimate of drug-likeness (QED) is 0.746. The number of rotatable bonds is 1. The van der Waals surface area contributed by atoms with Crippen molar-refractivity contribution in [1.82, 2.24) is 0 Å². The van der Waals surface area contributed by atoms with Gasteiger partial charge in [0.2, 0.25) is 0 Å². The Hall–Kier alpha value is -1.07. The Morgan fingerprint density at radius 3 is 2.78 bits per heavy atom. The molecule has 4 aliphatic carbocycles.